The van der Waals surface area contributed by atoms with Crippen LogP contribution in [0.2, 0.25) is 0 Å². The molecule has 1 aliphatic heterocycles. The van der Waals surface area contributed by atoms with Crippen molar-refractivity contribution < 1.29 is 9.15 Å². The fraction of sp³-hybridized carbons (Fsp3) is 0.400. The SMILES string of the molecule is Cc1cnc(CNCCc2ccc3c(c2)CCO3)o1. The lowest BCUT2D eigenvalue weighted by Crippen LogP contribution is -2.16. The molecule has 0 unspecified atom stereocenters. The largest absolute Gasteiger partial charge is 0.493 e. The van der Waals surface area contributed by atoms with E-state index >= 15 is 0 Å². The Hall–Kier alpha value is -1.81. The van der Waals surface area contributed by atoms with Gasteiger partial charge in [-0.05, 0) is 37.1 Å². The number of oxazole rings is 1. The van der Waals surface area contributed by atoms with Gasteiger partial charge in [-0.25, -0.2) is 4.98 Å². The third-order valence-corrected chi connectivity index (χ3v) is 3.29. The molecule has 3 rings (SSSR count). The van der Waals surface area contributed by atoms with Crippen LogP contribution in [0.25, 0.3) is 0 Å². The summed E-state index contributed by atoms with van der Waals surface area (Å²) in [5.74, 6) is 2.65. The Morgan fingerprint density at radius 2 is 2.32 bits per heavy atom. The molecule has 0 atom stereocenters. The highest BCUT2D eigenvalue weighted by Crippen LogP contribution is 2.25. The first-order chi connectivity index (χ1) is 9.31. The standard InChI is InChI=1S/C15H18N2O2/c1-11-9-17-15(19-11)10-16-6-4-12-2-3-14-13(8-12)5-7-18-14/h2-3,8-9,16H,4-7,10H2,1H3. The second-order valence-corrected chi connectivity index (χ2v) is 4.83. The van der Waals surface area contributed by atoms with Gasteiger partial charge in [-0.3, -0.25) is 0 Å². The van der Waals surface area contributed by atoms with Gasteiger partial charge in [0.2, 0.25) is 5.89 Å². The summed E-state index contributed by atoms with van der Waals surface area (Å²) >= 11 is 0. The quantitative estimate of drug-likeness (QED) is 0.836. The highest BCUT2D eigenvalue weighted by atomic mass is 16.5. The van der Waals surface area contributed by atoms with Crippen molar-refractivity contribution in [2.75, 3.05) is 13.2 Å². The molecule has 2 heterocycles. The Balaban J connectivity index is 1.47. The van der Waals surface area contributed by atoms with Crippen LogP contribution in [-0.4, -0.2) is 18.1 Å². The number of nitrogens with one attached hydrogen (secondary N) is 1. The molecule has 1 N–H and O–H groups in total. The van der Waals surface area contributed by atoms with Crippen molar-refractivity contribution in [1.29, 1.82) is 0 Å². The van der Waals surface area contributed by atoms with E-state index in [1.54, 1.807) is 6.20 Å². The van der Waals surface area contributed by atoms with Crippen LogP contribution in [0.4, 0.5) is 0 Å². The van der Waals surface area contributed by atoms with Crippen LogP contribution in [-0.2, 0) is 19.4 Å². The molecule has 2 aromatic rings. The van der Waals surface area contributed by atoms with Crippen molar-refractivity contribution in [2.24, 2.45) is 0 Å². The van der Waals surface area contributed by atoms with E-state index in [9.17, 15) is 0 Å². The van der Waals surface area contributed by atoms with Gasteiger partial charge >= 0.3 is 0 Å². The molecule has 0 saturated carbocycles. The molecule has 1 aromatic carbocycles. The van der Waals surface area contributed by atoms with Crippen molar-refractivity contribution in [3.8, 4) is 5.75 Å². The summed E-state index contributed by atoms with van der Waals surface area (Å²) in [5, 5.41) is 3.34. The van der Waals surface area contributed by atoms with Crippen molar-refractivity contribution in [2.45, 2.75) is 26.3 Å². The lowest BCUT2D eigenvalue weighted by atomic mass is 10.1. The third-order valence-electron chi connectivity index (χ3n) is 3.29. The second-order valence-electron chi connectivity index (χ2n) is 4.83. The zero-order chi connectivity index (χ0) is 13.1. The fourth-order valence-corrected chi connectivity index (χ4v) is 2.31. The minimum Gasteiger partial charge on any atom is -0.493 e. The molecule has 0 aliphatic carbocycles. The normalized spacial score (nSPS) is 13.3. The molecule has 4 heteroatoms. The van der Waals surface area contributed by atoms with Gasteiger partial charge in [0, 0.05) is 6.42 Å². The first-order valence-electron chi connectivity index (χ1n) is 6.68. The van der Waals surface area contributed by atoms with Crippen LogP contribution in [0.1, 0.15) is 22.8 Å². The molecular weight excluding hydrogens is 240 g/mol. The minimum absolute atomic E-state index is 0.682. The van der Waals surface area contributed by atoms with E-state index in [0.29, 0.717) is 6.54 Å². The molecule has 100 valence electrons. The van der Waals surface area contributed by atoms with Crippen molar-refractivity contribution in [1.82, 2.24) is 10.3 Å². The van der Waals surface area contributed by atoms with E-state index in [-0.39, 0.29) is 0 Å². The lowest BCUT2D eigenvalue weighted by molar-refractivity contribution is 0.357. The zero-order valence-electron chi connectivity index (χ0n) is 11.1. The number of nitrogens with zero attached hydrogens (tertiary/aromatic N) is 1. The van der Waals surface area contributed by atoms with Gasteiger partial charge in [0.25, 0.3) is 0 Å². The topological polar surface area (TPSA) is 47.3 Å². The summed E-state index contributed by atoms with van der Waals surface area (Å²) in [5.41, 5.74) is 2.68. The molecule has 0 fully saturated rings. The van der Waals surface area contributed by atoms with Gasteiger partial charge in [0.15, 0.2) is 0 Å². The number of hydrogen-bond donors (Lipinski definition) is 1. The number of aromatic nitrogens is 1. The summed E-state index contributed by atoms with van der Waals surface area (Å²) < 4.78 is 10.9. The maximum Gasteiger partial charge on any atom is 0.208 e. The highest BCUT2D eigenvalue weighted by Gasteiger charge is 2.11. The molecule has 0 saturated heterocycles. The first-order valence-corrected chi connectivity index (χ1v) is 6.68. The smallest absolute Gasteiger partial charge is 0.208 e. The molecule has 0 amide bonds. The van der Waals surface area contributed by atoms with E-state index in [0.717, 1.165) is 43.4 Å². The van der Waals surface area contributed by atoms with Crippen LogP contribution in [0, 0.1) is 6.92 Å². The van der Waals surface area contributed by atoms with Crippen LogP contribution < -0.4 is 10.1 Å². The summed E-state index contributed by atoms with van der Waals surface area (Å²) in [6, 6.07) is 6.47. The van der Waals surface area contributed by atoms with Gasteiger partial charge in [-0.2, -0.15) is 0 Å². The second kappa shape index (κ2) is 5.45. The number of hydrogen-bond acceptors (Lipinski definition) is 4. The Morgan fingerprint density at radius 1 is 1.37 bits per heavy atom. The van der Waals surface area contributed by atoms with Crippen LogP contribution in [0.3, 0.4) is 0 Å². The van der Waals surface area contributed by atoms with Gasteiger partial charge in [0.1, 0.15) is 11.5 Å². The summed E-state index contributed by atoms with van der Waals surface area (Å²) in [6.07, 6.45) is 3.79. The molecule has 1 aliphatic rings. The Kier molecular flexibility index (Phi) is 3.51. The summed E-state index contributed by atoms with van der Waals surface area (Å²) in [7, 11) is 0. The Labute approximate surface area is 112 Å². The van der Waals surface area contributed by atoms with Gasteiger partial charge in [-0.15, -0.1) is 0 Å². The first kappa shape index (κ1) is 12.2. The van der Waals surface area contributed by atoms with Crippen molar-refractivity contribution in [3.63, 3.8) is 0 Å². The molecule has 1 aromatic heterocycles. The summed E-state index contributed by atoms with van der Waals surface area (Å²) in [4.78, 5) is 4.16. The van der Waals surface area contributed by atoms with Crippen LogP contribution in [0.15, 0.2) is 28.8 Å². The molecule has 0 bridgehead atoms. The Bertz CT molecular complexity index is 563. The predicted octanol–water partition coefficient (Wildman–Crippen LogP) is 2.25. The minimum atomic E-state index is 0.682. The molecule has 0 radical (unpaired) electrons. The average Bonchev–Trinajstić information content (AvgIpc) is 3.03. The van der Waals surface area contributed by atoms with E-state index < -0.39 is 0 Å². The predicted molar refractivity (Wildman–Crippen MR) is 72.3 cm³/mol. The molecule has 19 heavy (non-hydrogen) atoms. The molecular formula is C15H18N2O2. The van der Waals surface area contributed by atoms with Gasteiger partial charge < -0.3 is 14.5 Å². The zero-order valence-corrected chi connectivity index (χ0v) is 11.1. The van der Waals surface area contributed by atoms with Gasteiger partial charge in [-0.1, -0.05) is 12.1 Å². The number of fused-ring (bicyclic) bond motifs is 1. The van der Waals surface area contributed by atoms with E-state index in [1.807, 2.05) is 6.92 Å². The molecule has 4 nitrogen and oxygen atoms in total. The number of rotatable bonds is 5. The van der Waals surface area contributed by atoms with Crippen molar-refractivity contribution >= 4 is 0 Å². The fourth-order valence-electron chi connectivity index (χ4n) is 2.31. The van der Waals surface area contributed by atoms with Crippen LogP contribution in [0.5, 0.6) is 5.75 Å². The number of aryl methyl sites for hydroxylation is 1. The summed E-state index contributed by atoms with van der Waals surface area (Å²) in [6.45, 7) is 4.33. The third kappa shape index (κ3) is 2.96. The number of benzene rings is 1. The van der Waals surface area contributed by atoms with Gasteiger partial charge in [0.05, 0.1) is 19.3 Å². The van der Waals surface area contributed by atoms with Crippen molar-refractivity contribution in [3.05, 3.63) is 47.2 Å². The average molecular weight is 258 g/mol. The number of ether oxygens (including phenoxy) is 1. The monoisotopic (exact) mass is 258 g/mol. The Morgan fingerprint density at radius 3 is 3.16 bits per heavy atom. The van der Waals surface area contributed by atoms with E-state index in [4.69, 9.17) is 9.15 Å². The maximum atomic E-state index is 5.50. The lowest BCUT2D eigenvalue weighted by Gasteiger charge is -2.05. The molecule has 0 spiro atoms. The van der Waals surface area contributed by atoms with Crippen LogP contribution >= 0.6 is 0 Å². The highest BCUT2D eigenvalue weighted by molar-refractivity contribution is 5.39. The van der Waals surface area contributed by atoms with E-state index in [2.05, 4.69) is 28.5 Å². The maximum absolute atomic E-state index is 5.50. The van der Waals surface area contributed by atoms with E-state index in [1.165, 1.54) is 11.1 Å².